The Kier molecular flexibility index (Phi) is 4.68. The summed E-state index contributed by atoms with van der Waals surface area (Å²) in [4.78, 5) is 23.5. The summed E-state index contributed by atoms with van der Waals surface area (Å²) >= 11 is 0. The van der Waals surface area contributed by atoms with Crippen LogP contribution in [-0.2, 0) is 9.59 Å². The minimum atomic E-state index is -0.0708. The number of piperidine rings is 1. The summed E-state index contributed by atoms with van der Waals surface area (Å²) in [6, 6.07) is 1.39. The second-order valence-electron chi connectivity index (χ2n) is 7.39. The van der Waals surface area contributed by atoms with E-state index >= 15 is 0 Å². The quantitative estimate of drug-likeness (QED) is 0.718. The van der Waals surface area contributed by atoms with E-state index in [4.69, 9.17) is 0 Å². The smallest absolute Gasteiger partial charge is 0.239 e. The predicted molar refractivity (Wildman–Crippen MR) is 78.2 cm³/mol. The van der Waals surface area contributed by atoms with Gasteiger partial charge in [-0.15, -0.1) is 0 Å². The summed E-state index contributed by atoms with van der Waals surface area (Å²) in [5.41, 5.74) is -0.0468. The Labute approximate surface area is 121 Å². The number of hydrogen-bond acceptors (Lipinski definition) is 3. The van der Waals surface area contributed by atoms with E-state index in [2.05, 4.69) is 16.0 Å². The van der Waals surface area contributed by atoms with Gasteiger partial charge in [0.25, 0.3) is 0 Å². The van der Waals surface area contributed by atoms with Crippen molar-refractivity contribution in [1.29, 1.82) is 0 Å². The lowest BCUT2D eigenvalue weighted by Gasteiger charge is -2.29. The molecule has 5 heteroatoms. The fraction of sp³-hybridized carbons (Fsp3) is 0.867. The molecule has 2 amide bonds. The molecule has 3 N–H and O–H groups in total. The molecule has 2 bridgehead atoms. The molecule has 0 aromatic rings. The zero-order valence-electron chi connectivity index (χ0n) is 12.8. The highest BCUT2D eigenvalue weighted by atomic mass is 16.2. The standard InChI is InChI=1S/C15H27N3O2/c1-15(2,3)8-13(19)16-9-14(20)18-12-6-10-4-5-11(7-12)17-10/h10-12,17H,4-9H2,1-3H3,(H,16,19)(H,18,20). The highest BCUT2D eigenvalue weighted by Crippen LogP contribution is 2.26. The molecule has 2 aliphatic rings. The van der Waals surface area contributed by atoms with Crippen molar-refractivity contribution in [2.24, 2.45) is 5.41 Å². The molecule has 0 spiro atoms. The highest BCUT2D eigenvalue weighted by Gasteiger charge is 2.33. The minimum absolute atomic E-state index is 0.0468. The third-order valence-corrected chi connectivity index (χ3v) is 3.98. The van der Waals surface area contributed by atoms with Crippen LogP contribution in [0.3, 0.4) is 0 Å². The van der Waals surface area contributed by atoms with Gasteiger partial charge < -0.3 is 16.0 Å². The maximum absolute atomic E-state index is 11.9. The number of carbonyl (C=O) groups excluding carboxylic acids is 2. The molecule has 2 unspecified atom stereocenters. The van der Waals surface area contributed by atoms with Crippen LogP contribution in [0.4, 0.5) is 0 Å². The largest absolute Gasteiger partial charge is 0.352 e. The summed E-state index contributed by atoms with van der Waals surface area (Å²) in [7, 11) is 0. The Hall–Kier alpha value is -1.10. The van der Waals surface area contributed by atoms with Gasteiger partial charge in [0.15, 0.2) is 0 Å². The van der Waals surface area contributed by atoms with Gasteiger partial charge in [0.1, 0.15) is 0 Å². The van der Waals surface area contributed by atoms with E-state index in [1.807, 2.05) is 20.8 Å². The molecule has 0 aliphatic carbocycles. The van der Waals surface area contributed by atoms with Crippen LogP contribution in [0.25, 0.3) is 0 Å². The fourth-order valence-corrected chi connectivity index (χ4v) is 3.18. The van der Waals surface area contributed by atoms with E-state index < -0.39 is 0 Å². The Bertz CT molecular complexity index is 364. The predicted octanol–water partition coefficient (Wildman–Crippen LogP) is 0.938. The maximum Gasteiger partial charge on any atom is 0.239 e. The Balaban J connectivity index is 1.67. The lowest BCUT2D eigenvalue weighted by molar-refractivity contribution is -0.127. The van der Waals surface area contributed by atoms with Gasteiger partial charge in [-0.05, 0) is 31.1 Å². The van der Waals surface area contributed by atoms with Gasteiger partial charge in [-0.1, -0.05) is 20.8 Å². The van der Waals surface area contributed by atoms with Gasteiger partial charge in [0.2, 0.25) is 11.8 Å². The molecule has 2 fully saturated rings. The molecule has 2 heterocycles. The summed E-state index contributed by atoms with van der Waals surface area (Å²) in [6.45, 7) is 6.13. The van der Waals surface area contributed by atoms with E-state index in [9.17, 15) is 9.59 Å². The first-order valence-electron chi connectivity index (χ1n) is 7.64. The Morgan fingerprint density at radius 3 is 2.25 bits per heavy atom. The van der Waals surface area contributed by atoms with Crippen LogP contribution in [0, 0.1) is 5.41 Å². The average molecular weight is 281 g/mol. The SMILES string of the molecule is CC(C)(C)CC(=O)NCC(=O)NC1CC2CCC(C1)N2. The van der Waals surface area contributed by atoms with E-state index in [0.29, 0.717) is 18.5 Å². The van der Waals surface area contributed by atoms with Crippen LogP contribution in [0.2, 0.25) is 0 Å². The van der Waals surface area contributed by atoms with Crippen LogP contribution in [0.15, 0.2) is 0 Å². The van der Waals surface area contributed by atoms with Crippen molar-refractivity contribution >= 4 is 11.8 Å². The molecule has 0 aromatic carbocycles. The number of rotatable bonds is 4. The van der Waals surface area contributed by atoms with Gasteiger partial charge in [0, 0.05) is 24.5 Å². The average Bonchev–Trinajstić information content (AvgIpc) is 2.64. The van der Waals surface area contributed by atoms with Crippen molar-refractivity contribution < 1.29 is 9.59 Å². The zero-order valence-corrected chi connectivity index (χ0v) is 12.8. The second kappa shape index (κ2) is 6.12. The van der Waals surface area contributed by atoms with E-state index in [1.165, 1.54) is 12.8 Å². The topological polar surface area (TPSA) is 70.2 Å². The maximum atomic E-state index is 11.9. The number of nitrogens with one attached hydrogen (secondary N) is 3. The van der Waals surface area contributed by atoms with Crippen LogP contribution in [0.5, 0.6) is 0 Å². The first-order chi connectivity index (χ1) is 9.32. The van der Waals surface area contributed by atoms with Crippen molar-refractivity contribution in [3.05, 3.63) is 0 Å². The van der Waals surface area contributed by atoms with Gasteiger partial charge in [-0.25, -0.2) is 0 Å². The summed E-state index contributed by atoms with van der Waals surface area (Å²) in [5, 5.41) is 9.29. The molecular formula is C15H27N3O2. The number of hydrogen-bond donors (Lipinski definition) is 3. The first-order valence-corrected chi connectivity index (χ1v) is 7.64. The molecule has 2 saturated heterocycles. The Morgan fingerprint density at radius 2 is 1.70 bits per heavy atom. The number of fused-ring (bicyclic) bond motifs is 2. The van der Waals surface area contributed by atoms with Crippen LogP contribution in [-0.4, -0.2) is 36.5 Å². The van der Waals surface area contributed by atoms with Crippen LogP contribution in [0.1, 0.15) is 52.9 Å². The minimum Gasteiger partial charge on any atom is -0.352 e. The molecule has 5 nitrogen and oxygen atoms in total. The molecule has 20 heavy (non-hydrogen) atoms. The van der Waals surface area contributed by atoms with E-state index in [1.54, 1.807) is 0 Å². The molecule has 2 aliphatic heterocycles. The fourth-order valence-electron chi connectivity index (χ4n) is 3.18. The van der Waals surface area contributed by atoms with Gasteiger partial charge in [-0.2, -0.15) is 0 Å². The van der Waals surface area contributed by atoms with E-state index in [0.717, 1.165) is 12.8 Å². The summed E-state index contributed by atoms with van der Waals surface area (Å²) in [5.74, 6) is -0.128. The van der Waals surface area contributed by atoms with Crippen molar-refractivity contribution in [3.8, 4) is 0 Å². The third kappa shape index (κ3) is 4.78. The van der Waals surface area contributed by atoms with Gasteiger partial charge in [-0.3, -0.25) is 9.59 Å². The number of amides is 2. The van der Waals surface area contributed by atoms with Crippen molar-refractivity contribution in [2.45, 2.75) is 71.0 Å². The third-order valence-electron chi connectivity index (χ3n) is 3.98. The van der Waals surface area contributed by atoms with Crippen molar-refractivity contribution in [1.82, 2.24) is 16.0 Å². The lowest BCUT2D eigenvalue weighted by atomic mass is 9.92. The van der Waals surface area contributed by atoms with Crippen molar-refractivity contribution in [3.63, 3.8) is 0 Å². The molecule has 114 valence electrons. The lowest BCUT2D eigenvalue weighted by Crippen LogP contribution is -2.50. The summed E-state index contributed by atoms with van der Waals surface area (Å²) in [6.07, 6.45) is 4.91. The molecule has 2 atom stereocenters. The van der Waals surface area contributed by atoms with E-state index in [-0.39, 0.29) is 29.8 Å². The van der Waals surface area contributed by atoms with Gasteiger partial charge >= 0.3 is 0 Å². The molecule has 0 aromatic heterocycles. The molecule has 0 radical (unpaired) electrons. The van der Waals surface area contributed by atoms with Crippen molar-refractivity contribution in [2.75, 3.05) is 6.54 Å². The van der Waals surface area contributed by atoms with Crippen LogP contribution >= 0.6 is 0 Å². The monoisotopic (exact) mass is 281 g/mol. The highest BCUT2D eigenvalue weighted by molar-refractivity contribution is 5.85. The summed E-state index contributed by atoms with van der Waals surface area (Å²) < 4.78 is 0. The normalized spacial score (nSPS) is 29.1. The second-order valence-corrected chi connectivity index (χ2v) is 7.39. The van der Waals surface area contributed by atoms with Gasteiger partial charge in [0.05, 0.1) is 6.54 Å². The Morgan fingerprint density at radius 1 is 1.10 bits per heavy atom. The molecule has 2 rings (SSSR count). The first kappa shape index (κ1) is 15.3. The molecule has 0 saturated carbocycles. The van der Waals surface area contributed by atoms with Crippen LogP contribution < -0.4 is 16.0 Å². The zero-order chi connectivity index (χ0) is 14.8. The number of carbonyl (C=O) groups is 2. The molecular weight excluding hydrogens is 254 g/mol.